The summed E-state index contributed by atoms with van der Waals surface area (Å²) in [5, 5.41) is 2.61. The van der Waals surface area contributed by atoms with E-state index in [4.69, 9.17) is 0 Å². The molecule has 1 heterocycles. The highest BCUT2D eigenvalue weighted by atomic mass is 32.2. The van der Waals surface area contributed by atoms with Crippen LogP contribution in [0.3, 0.4) is 0 Å². The fourth-order valence-electron chi connectivity index (χ4n) is 2.13. The number of carbonyl (C=O) groups is 1. The Bertz CT molecular complexity index is 529. The van der Waals surface area contributed by atoms with E-state index in [2.05, 4.69) is 15.3 Å². The van der Waals surface area contributed by atoms with Crippen molar-refractivity contribution in [2.45, 2.75) is 43.8 Å². The van der Waals surface area contributed by atoms with Crippen molar-refractivity contribution < 1.29 is 13.2 Å². The third-order valence-electron chi connectivity index (χ3n) is 3.02. The molecule has 0 spiro atoms. The van der Waals surface area contributed by atoms with Crippen molar-refractivity contribution >= 4 is 15.7 Å². The number of hydrogen-bond acceptors (Lipinski definition) is 4. The summed E-state index contributed by atoms with van der Waals surface area (Å²) in [6.07, 6.45) is 5.49. The van der Waals surface area contributed by atoms with Crippen LogP contribution in [0.2, 0.25) is 0 Å². The minimum atomic E-state index is -3.66. The lowest BCUT2D eigenvalue weighted by atomic mass is 10.2. The molecule has 1 fully saturated rings. The molecule has 0 aromatic carbocycles. The van der Waals surface area contributed by atoms with Gasteiger partial charge in [0.15, 0.2) is 0 Å². The number of hydrogen-bond donors (Lipinski definition) is 2. The summed E-state index contributed by atoms with van der Waals surface area (Å²) in [5.41, 5.74) is 0.657. The molecule has 0 bridgehead atoms. The Kier molecular flexibility index (Phi) is 3.70. The fourth-order valence-corrected chi connectivity index (χ4v) is 3.22. The standard InChI is InChI=1S/C11H17N3O3S/c1-8-6-12-11(13-8)18(16,17)7-10(15)14-9-4-2-3-5-9/h6,9H,2-5,7H2,1H3,(H,12,13)(H,14,15). The maximum atomic E-state index is 11.9. The topological polar surface area (TPSA) is 91.9 Å². The first-order chi connectivity index (χ1) is 8.47. The molecule has 0 saturated heterocycles. The first kappa shape index (κ1) is 13.1. The monoisotopic (exact) mass is 271 g/mol. The summed E-state index contributed by atoms with van der Waals surface area (Å²) in [6, 6.07) is 0.131. The molecule has 0 atom stereocenters. The lowest BCUT2D eigenvalue weighted by molar-refractivity contribution is -0.119. The minimum absolute atomic E-state index is 0.131. The van der Waals surface area contributed by atoms with Gasteiger partial charge in [0.2, 0.25) is 20.9 Å². The predicted molar refractivity (Wildman–Crippen MR) is 65.8 cm³/mol. The van der Waals surface area contributed by atoms with Crippen molar-refractivity contribution in [2.75, 3.05) is 5.75 Å². The fraction of sp³-hybridized carbons (Fsp3) is 0.636. The van der Waals surface area contributed by atoms with E-state index < -0.39 is 21.5 Å². The van der Waals surface area contributed by atoms with Gasteiger partial charge in [-0.3, -0.25) is 4.79 Å². The number of aromatic nitrogens is 2. The van der Waals surface area contributed by atoms with Crippen molar-refractivity contribution in [3.63, 3.8) is 0 Å². The quantitative estimate of drug-likeness (QED) is 0.836. The van der Waals surface area contributed by atoms with Gasteiger partial charge in [0.25, 0.3) is 0 Å². The van der Waals surface area contributed by atoms with E-state index in [1.54, 1.807) is 6.92 Å². The van der Waals surface area contributed by atoms with Gasteiger partial charge in [-0.05, 0) is 19.8 Å². The van der Waals surface area contributed by atoms with Crippen LogP contribution in [0, 0.1) is 6.92 Å². The van der Waals surface area contributed by atoms with Crippen LogP contribution in [0.15, 0.2) is 11.4 Å². The van der Waals surface area contributed by atoms with E-state index >= 15 is 0 Å². The van der Waals surface area contributed by atoms with Crippen LogP contribution in [-0.2, 0) is 14.6 Å². The summed E-state index contributed by atoms with van der Waals surface area (Å²) in [7, 11) is -3.66. The van der Waals surface area contributed by atoms with Crippen molar-refractivity contribution in [2.24, 2.45) is 0 Å². The number of aromatic amines is 1. The maximum Gasteiger partial charge on any atom is 0.235 e. The van der Waals surface area contributed by atoms with Gasteiger partial charge in [0.1, 0.15) is 5.75 Å². The van der Waals surface area contributed by atoms with Crippen LogP contribution in [0.4, 0.5) is 0 Å². The van der Waals surface area contributed by atoms with Crippen LogP contribution in [-0.4, -0.2) is 36.1 Å². The van der Waals surface area contributed by atoms with Crippen molar-refractivity contribution in [3.8, 4) is 0 Å². The number of aryl methyl sites for hydroxylation is 1. The second-order valence-corrected chi connectivity index (χ2v) is 6.58. The molecule has 0 unspecified atom stereocenters. The third kappa shape index (κ3) is 3.10. The lowest BCUT2D eigenvalue weighted by Crippen LogP contribution is -2.37. The van der Waals surface area contributed by atoms with Gasteiger partial charge in [0, 0.05) is 17.9 Å². The highest BCUT2D eigenvalue weighted by molar-refractivity contribution is 7.91. The summed E-state index contributed by atoms with van der Waals surface area (Å²) in [4.78, 5) is 18.0. The van der Waals surface area contributed by atoms with Crippen LogP contribution < -0.4 is 5.32 Å². The highest BCUT2D eigenvalue weighted by Crippen LogP contribution is 2.17. The largest absolute Gasteiger partial charge is 0.352 e. The van der Waals surface area contributed by atoms with Crippen LogP contribution >= 0.6 is 0 Å². The molecular formula is C11H17N3O3S. The SMILES string of the molecule is Cc1cnc(S(=O)(=O)CC(=O)NC2CCCC2)[nH]1. The molecule has 1 aliphatic rings. The molecular weight excluding hydrogens is 254 g/mol. The Hall–Kier alpha value is -1.37. The van der Waals surface area contributed by atoms with E-state index in [-0.39, 0.29) is 11.2 Å². The van der Waals surface area contributed by atoms with Gasteiger partial charge in [-0.2, -0.15) is 0 Å². The number of rotatable bonds is 4. The van der Waals surface area contributed by atoms with Gasteiger partial charge < -0.3 is 10.3 Å². The Morgan fingerprint density at radius 2 is 2.17 bits per heavy atom. The van der Waals surface area contributed by atoms with Crippen LogP contribution in [0.1, 0.15) is 31.4 Å². The molecule has 1 aromatic heterocycles. The molecule has 1 aromatic rings. The van der Waals surface area contributed by atoms with E-state index in [1.807, 2.05) is 0 Å². The molecule has 1 aliphatic carbocycles. The van der Waals surface area contributed by atoms with Gasteiger partial charge in [-0.1, -0.05) is 12.8 Å². The zero-order valence-corrected chi connectivity index (χ0v) is 11.1. The summed E-state index contributed by atoms with van der Waals surface area (Å²) < 4.78 is 23.8. The third-order valence-corrected chi connectivity index (χ3v) is 4.45. The van der Waals surface area contributed by atoms with Gasteiger partial charge in [-0.15, -0.1) is 0 Å². The van der Waals surface area contributed by atoms with Gasteiger partial charge in [0.05, 0.1) is 0 Å². The molecule has 2 N–H and O–H groups in total. The number of H-pyrrole nitrogens is 1. The second kappa shape index (κ2) is 5.09. The van der Waals surface area contributed by atoms with Gasteiger partial charge >= 0.3 is 0 Å². The number of carbonyl (C=O) groups excluding carboxylic acids is 1. The Morgan fingerprint density at radius 3 is 2.72 bits per heavy atom. The van der Waals surface area contributed by atoms with E-state index in [1.165, 1.54) is 6.20 Å². The van der Waals surface area contributed by atoms with Crippen molar-refractivity contribution in [1.82, 2.24) is 15.3 Å². The maximum absolute atomic E-state index is 11.9. The molecule has 2 rings (SSSR count). The summed E-state index contributed by atoms with van der Waals surface area (Å²) >= 11 is 0. The summed E-state index contributed by atoms with van der Waals surface area (Å²) in [5.74, 6) is -0.993. The average Bonchev–Trinajstić information content (AvgIpc) is 2.88. The minimum Gasteiger partial charge on any atom is -0.352 e. The van der Waals surface area contributed by atoms with Crippen molar-refractivity contribution in [1.29, 1.82) is 0 Å². The Balaban J connectivity index is 1.97. The normalized spacial score (nSPS) is 16.9. The molecule has 0 aliphatic heterocycles. The molecule has 18 heavy (non-hydrogen) atoms. The number of amides is 1. The van der Waals surface area contributed by atoms with E-state index in [0.29, 0.717) is 5.69 Å². The summed E-state index contributed by atoms with van der Waals surface area (Å²) in [6.45, 7) is 1.71. The molecule has 0 radical (unpaired) electrons. The highest BCUT2D eigenvalue weighted by Gasteiger charge is 2.24. The Morgan fingerprint density at radius 1 is 1.50 bits per heavy atom. The van der Waals surface area contributed by atoms with E-state index in [0.717, 1.165) is 25.7 Å². The number of sulfone groups is 1. The van der Waals surface area contributed by atoms with Crippen LogP contribution in [0.25, 0.3) is 0 Å². The zero-order chi connectivity index (χ0) is 13.2. The molecule has 7 heteroatoms. The first-order valence-corrected chi connectivity index (χ1v) is 7.66. The first-order valence-electron chi connectivity index (χ1n) is 6.01. The lowest BCUT2D eigenvalue weighted by Gasteiger charge is -2.11. The predicted octanol–water partition coefficient (Wildman–Crippen LogP) is 0.551. The molecule has 100 valence electrons. The Labute approximate surface area is 106 Å². The molecule has 6 nitrogen and oxygen atoms in total. The number of nitrogens with zero attached hydrogens (tertiary/aromatic N) is 1. The second-order valence-electron chi connectivity index (χ2n) is 4.68. The number of nitrogens with one attached hydrogen (secondary N) is 2. The van der Waals surface area contributed by atoms with Crippen LogP contribution in [0.5, 0.6) is 0 Å². The van der Waals surface area contributed by atoms with Gasteiger partial charge in [-0.25, -0.2) is 13.4 Å². The zero-order valence-electron chi connectivity index (χ0n) is 10.3. The average molecular weight is 271 g/mol. The van der Waals surface area contributed by atoms with Crippen molar-refractivity contribution in [3.05, 3.63) is 11.9 Å². The molecule has 1 amide bonds. The molecule has 1 saturated carbocycles. The van der Waals surface area contributed by atoms with E-state index in [9.17, 15) is 13.2 Å². The number of imidazole rings is 1. The smallest absolute Gasteiger partial charge is 0.235 e.